The number of carbonyl (C=O) groups is 1. The van der Waals surface area contributed by atoms with E-state index >= 15 is 0 Å². The number of hydrogen-bond acceptors (Lipinski definition) is 1. The molecule has 1 heteroatoms. The van der Waals surface area contributed by atoms with Gasteiger partial charge in [-0.05, 0) is 37.5 Å². The van der Waals surface area contributed by atoms with Crippen molar-refractivity contribution in [1.29, 1.82) is 0 Å². The van der Waals surface area contributed by atoms with Crippen molar-refractivity contribution in [2.75, 3.05) is 0 Å². The van der Waals surface area contributed by atoms with Crippen LogP contribution in [0, 0.1) is 17.8 Å². The summed E-state index contributed by atoms with van der Waals surface area (Å²) in [6.07, 6.45) is 8.02. The monoisotopic (exact) mass is 150 g/mol. The van der Waals surface area contributed by atoms with E-state index < -0.39 is 0 Å². The SMILES string of the molecule is CC(=O)C[C@@H]1C[C@@H]2C=C[C@H]1C2. The molecule has 1 fully saturated rings. The van der Waals surface area contributed by atoms with E-state index in [1.807, 2.05) is 0 Å². The van der Waals surface area contributed by atoms with E-state index in [0.29, 0.717) is 11.7 Å². The Morgan fingerprint density at radius 1 is 1.45 bits per heavy atom. The van der Waals surface area contributed by atoms with Crippen molar-refractivity contribution in [2.45, 2.75) is 26.2 Å². The summed E-state index contributed by atoms with van der Waals surface area (Å²) in [5.41, 5.74) is 0. The van der Waals surface area contributed by atoms with Gasteiger partial charge in [0, 0.05) is 6.42 Å². The van der Waals surface area contributed by atoms with Crippen LogP contribution in [0.25, 0.3) is 0 Å². The summed E-state index contributed by atoms with van der Waals surface area (Å²) < 4.78 is 0. The zero-order valence-corrected chi connectivity index (χ0v) is 6.92. The van der Waals surface area contributed by atoms with Gasteiger partial charge in [-0.25, -0.2) is 0 Å². The Hall–Kier alpha value is -0.590. The zero-order valence-electron chi connectivity index (χ0n) is 6.92. The van der Waals surface area contributed by atoms with Crippen molar-refractivity contribution in [2.24, 2.45) is 17.8 Å². The number of Topliss-reactive ketones (excluding diaryl/α,β-unsaturated/α-hetero) is 1. The van der Waals surface area contributed by atoms with Crippen molar-refractivity contribution < 1.29 is 4.79 Å². The highest BCUT2D eigenvalue weighted by atomic mass is 16.1. The highest BCUT2D eigenvalue weighted by Crippen LogP contribution is 2.44. The summed E-state index contributed by atoms with van der Waals surface area (Å²) in [4.78, 5) is 10.9. The second kappa shape index (κ2) is 2.47. The first-order valence-corrected chi connectivity index (χ1v) is 4.43. The average Bonchev–Trinajstić information content (AvgIpc) is 2.45. The number of fused-ring (bicyclic) bond motifs is 2. The molecule has 2 aliphatic carbocycles. The standard InChI is InChI=1S/C10H14O/c1-7(11)4-10-6-8-2-3-9(10)5-8/h2-3,8-10H,4-6H2,1H3/t8-,9+,10-/m1/s1. The molecule has 0 aromatic rings. The van der Waals surface area contributed by atoms with Gasteiger partial charge in [-0.2, -0.15) is 0 Å². The number of rotatable bonds is 2. The fourth-order valence-corrected chi connectivity index (χ4v) is 2.50. The maximum Gasteiger partial charge on any atom is 0.130 e. The lowest BCUT2D eigenvalue weighted by molar-refractivity contribution is -0.118. The second-order valence-corrected chi connectivity index (χ2v) is 3.95. The first-order chi connectivity index (χ1) is 5.25. The van der Waals surface area contributed by atoms with Crippen molar-refractivity contribution in [1.82, 2.24) is 0 Å². The molecule has 2 rings (SSSR count). The lowest BCUT2D eigenvalue weighted by Crippen LogP contribution is -2.10. The maximum absolute atomic E-state index is 10.9. The first-order valence-electron chi connectivity index (χ1n) is 4.43. The van der Waals surface area contributed by atoms with E-state index in [1.54, 1.807) is 6.92 Å². The predicted octanol–water partition coefficient (Wildman–Crippen LogP) is 2.18. The van der Waals surface area contributed by atoms with E-state index in [4.69, 9.17) is 0 Å². The van der Waals surface area contributed by atoms with Gasteiger partial charge in [-0.3, -0.25) is 0 Å². The van der Waals surface area contributed by atoms with Crippen LogP contribution in [0.3, 0.4) is 0 Å². The van der Waals surface area contributed by atoms with Crippen molar-refractivity contribution in [3.05, 3.63) is 12.2 Å². The number of hydrogen-bond donors (Lipinski definition) is 0. The molecule has 0 aliphatic heterocycles. The average molecular weight is 150 g/mol. The Kier molecular flexibility index (Phi) is 1.59. The van der Waals surface area contributed by atoms with Gasteiger partial charge >= 0.3 is 0 Å². The van der Waals surface area contributed by atoms with Crippen molar-refractivity contribution >= 4 is 5.78 Å². The van der Waals surface area contributed by atoms with E-state index in [0.717, 1.165) is 18.3 Å². The highest BCUT2D eigenvalue weighted by molar-refractivity contribution is 5.75. The molecule has 0 N–H and O–H groups in total. The third-order valence-electron chi connectivity index (χ3n) is 2.97. The predicted molar refractivity (Wildman–Crippen MR) is 44.1 cm³/mol. The van der Waals surface area contributed by atoms with Gasteiger partial charge < -0.3 is 4.79 Å². The largest absolute Gasteiger partial charge is 0.300 e. The molecule has 2 bridgehead atoms. The quantitative estimate of drug-likeness (QED) is 0.551. The van der Waals surface area contributed by atoms with Crippen LogP contribution < -0.4 is 0 Å². The highest BCUT2D eigenvalue weighted by Gasteiger charge is 2.35. The second-order valence-electron chi connectivity index (χ2n) is 3.95. The molecule has 0 unspecified atom stereocenters. The first kappa shape index (κ1) is 7.08. The summed E-state index contributed by atoms with van der Waals surface area (Å²) in [5, 5.41) is 0. The molecule has 0 spiro atoms. The number of allylic oxidation sites excluding steroid dienone is 2. The molecular formula is C10H14O. The lowest BCUT2D eigenvalue weighted by Gasteiger charge is -2.15. The number of ketones is 1. The molecule has 3 atom stereocenters. The summed E-state index contributed by atoms with van der Waals surface area (Å²) >= 11 is 0. The minimum absolute atomic E-state index is 0.357. The van der Waals surface area contributed by atoms with Crippen LogP contribution in [0.5, 0.6) is 0 Å². The topological polar surface area (TPSA) is 17.1 Å². The van der Waals surface area contributed by atoms with Gasteiger partial charge in [0.1, 0.15) is 5.78 Å². The van der Waals surface area contributed by atoms with E-state index in [-0.39, 0.29) is 0 Å². The van der Waals surface area contributed by atoms with Gasteiger partial charge in [-0.1, -0.05) is 12.2 Å². The Morgan fingerprint density at radius 2 is 2.27 bits per heavy atom. The molecule has 0 aromatic carbocycles. The molecular weight excluding hydrogens is 136 g/mol. The zero-order chi connectivity index (χ0) is 7.84. The molecule has 11 heavy (non-hydrogen) atoms. The molecule has 0 amide bonds. The van der Waals surface area contributed by atoms with Gasteiger partial charge in [0.2, 0.25) is 0 Å². The molecule has 1 nitrogen and oxygen atoms in total. The smallest absolute Gasteiger partial charge is 0.130 e. The summed E-state index contributed by atoms with van der Waals surface area (Å²) in [6, 6.07) is 0. The molecule has 0 saturated heterocycles. The summed E-state index contributed by atoms with van der Waals surface area (Å²) in [6.45, 7) is 1.70. The Bertz CT molecular complexity index is 205. The summed E-state index contributed by atoms with van der Waals surface area (Å²) in [7, 11) is 0. The van der Waals surface area contributed by atoms with Crippen LogP contribution in [0.1, 0.15) is 26.2 Å². The molecule has 60 valence electrons. The Morgan fingerprint density at radius 3 is 2.73 bits per heavy atom. The molecule has 0 aromatic heterocycles. The van der Waals surface area contributed by atoms with Gasteiger partial charge in [0.25, 0.3) is 0 Å². The summed E-state index contributed by atoms with van der Waals surface area (Å²) in [5.74, 6) is 2.59. The number of carbonyl (C=O) groups excluding carboxylic acids is 1. The normalized spacial score (nSPS) is 39.9. The van der Waals surface area contributed by atoms with E-state index in [9.17, 15) is 4.79 Å². The van der Waals surface area contributed by atoms with Crippen LogP contribution >= 0.6 is 0 Å². The lowest BCUT2D eigenvalue weighted by atomic mass is 9.89. The van der Waals surface area contributed by atoms with Crippen LogP contribution in [0.4, 0.5) is 0 Å². The maximum atomic E-state index is 10.9. The van der Waals surface area contributed by atoms with Crippen LogP contribution in [-0.4, -0.2) is 5.78 Å². The van der Waals surface area contributed by atoms with E-state index in [2.05, 4.69) is 12.2 Å². The van der Waals surface area contributed by atoms with Crippen LogP contribution in [0.2, 0.25) is 0 Å². The Balaban J connectivity index is 1.98. The third-order valence-corrected chi connectivity index (χ3v) is 2.97. The van der Waals surface area contributed by atoms with Gasteiger partial charge in [0.15, 0.2) is 0 Å². The Labute approximate surface area is 67.5 Å². The van der Waals surface area contributed by atoms with Crippen molar-refractivity contribution in [3.8, 4) is 0 Å². The molecule has 1 saturated carbocycles. The van der Waals surface area contributed by atoms with E-state index in [1.165, 1.54) is 12.8 Å². The van der Waals surface area contributed by atoms with Gasteiger partial charge in [0.05, 0.1) is 0 Å². The van der Waals surface area contributed by atoms with Crippen LogP contribution in [0.15, 0.2) is 12.2 Å². The van der Waals surface area contributed by atoms with Gasteiger partial charge in [-0.15, -0.1) is 0 Å². The third kappa shape index (κ3) is 1.24. The van der Waals surface area contributed by atoms with Crippen LogP contribution in [-0.2, 0) is 4.79 Å². The molecule has 0 radical (unpaired) electrons. The molecule has 0 heterocycles. The minimum atomic E-state index is 0.357. The van der Waals surface area contributed by atoms with Crippen molar-refractivity contribution in [3.63, 3.8) is 0 Å². The molecule has 2 aliphatic rings. The fraction of sp³-hybridized carbons (Fsp3) is 0.700. The fourth-order valence-electron chi connectivity index (χ4n) is 2.50. The minimum Gasteiger partial charge on any atom is -0.300 e.